The first-order valence-electron chi connectivity index (χ1n) is 5.99. The van der Waals surface area contributed by atoms with E-state index < -0.39 is 20.1 Å². The zero-order valence-electron chi connectivity index (χ0n) is 11.6. The third kappa shape index (κ3) is 3.10. The van der Waals surface area contributed by atoms with Crippen LogP contribution >= 0.6 is 10.8 Å². The molecule has 0 amide bonds. The average Bonchev–Trinajstić information content (AvgIpc) is 2.73. The van der Waals surface area contributed by atoms with Gasteiger partial charge in [0.25, 0.3) is 0 Å². The zero-order chi connectivity index (χ0) is 15.1. The van der Waals surface area contributed by atoms with Crippen LogP contribution in [-0.2, 0) is 18.8 Å². The van der Waals surface area contributed by atoms with Gasteiger partial charge >= 0.3 is 44.7 Å². The summed E-state index contributed by atoms with van der Waals surface area (Å²) in [7, 11) is -4.24. The monoisotopic (exact) mass is 345 g/mol. The Morgan fingerprint density at radius 1 is 1.00 bits per heavy atom. The van der Waals surface area contributed by atoms with Crippen LogP contribution in [0.2, 0.25) is 0 Å². The SMILES string of the molecule is O=C1OC(SS(=O)(=O)O)(c2ccccc2)c2ccccc21.[Na+]. The molecule has 1 unspecified atom stereocenters. The third-order valence-corrected chi connectivity index (χ3v) is 5.43. The van der Waals surface area contributed by atoms with Crippen LogP contribution in [0, 0.1) is 0 Å². The zero-order valence-corrected chi connectivity index (χ0v) is 15.2. The number of ether oxygens (including phenoxy) is 1. The predicted octanol–water partition coefficient (Wildman–Crippen LogP) is -0.402. The molecule has 0 spiro atoms. The Bertz CT molecular complexity index is 807. The molecule has 1 heterocycles. The first kappa shape index (κ1) is 17.5. The van der Waals surface area contributed by atoms with Gasteiger partial charge in [0.05, 0.1) is 16.4 Å². The molecule has 1 aliphatic rings. The molecule has 2 aromatic rings. The summed E-state index contributed by atoms with van der Waals surface area (Å²) in [5.41, 5.74) is 1.16. The Morgan fingerprint density at radius 3 is 2.23 bits per heavy atom. The van der Waals surface area contributed by atoms with E-state index in [0.717, 1.165) is 0 Å². The van der Waals surface area contributed by atoms with E-state index in [1.165, 1.54) is 0 Å². The Kier molecular flexibility index (Phi) is 5.06. The van der Waals surface area contributed by atoms with Crippen molar-refractivity contribution in [1.29, 1.82) is 0 Å². The summed E-state index contributed by atoms with van der Waals surface area (Å²) in [6.45, 7) is 0. The molecule has 0 saturated carbocycles. The summed E-state index contributed by atoms with van der Waals surface area (Å²) in [5, 5.41) is 0. The van der Waals surface area contributed by atoms with Gasteiger partial charge in [-0.15, -0.1) is 0 Å². The second-order valence-electron chi connectivity index (χ2n) is 4.43. The molecule has 2 aromatic carbocycles. The molecular weight excluding hydrogens is 335 g/mol. The van der Waals surface area contributed by atoms with Crippen molar-refractivity contribution >= 4 is 25.9 Å². The molecule has 0 aliphatic carbocycles. The number of carbonyl (C=O) groups excluding carboxylic acids is 1. The van der Waals surface area contributed by atoms with E-state index in [1.807, 2.05) is 0 Å². The first-order valence-corrected chi connectivity index (χ1v) is 8.76. The minimum absolute atomic E-state index is 0. The number of fused-ring (bicyclic) bond motifs is 1. The van der Waals surface area contributed by atoms with Crippen molar-refractivity contribution in [2.75, 3.05) is 0 Å². The number of hydrogen-bond acceptors (Lipinski definition) is 5. The number of hydrogen-bond donors (Lipinski definition) is 1. The molecule has 1 atom stereocenters. The molecule has 8 heteroatoms. The van der Waals surface area contributed by atoms with Crippen molar-refractivity contribution in [1.82, 2.24) is 0 Å². The van der Waals surface area contributed by atoms with Crippen LogP contribution < -0.4 is 29.6 Å². The van der Waals surface area contributed by atoms with Gasteiger partial charge in [-0.05, 0) is 6.07 Å². The maximum Gasteiger partial charge on any atom is 1.00 e. The molecule has 0 aromatic heterocycles. The van der Waals surface area contributed by atoms with Gasteiger partial charge in [-0.25, -0.2) is 4.79 Å². The van der Waals surface area contributed by atoms with Crippen LogP contribution in [-0.4, -0.2) is 18.9 Å². The Labute approximate surface area is 153 Å². The van der Waals surface area contributed by atoms with Crippen molar-refractivity contribution in [3.05, 3.63) is 71.3 Å². The maximum absolute atomic E-state index is 12.0. The number of cyclic esters (lactones) is 1. The maximum atomic E-state index is 12.0. The molecule has 0 fully saturated rings. The summed E-state index contributed by atoms with van der Waals surface area (Å²) in [5.74, 6) is -0.620. The van der Waals surface area contributed by atoms with E-state index in [4.69, 9.17) is 4.74 Å². The minimum atomic E-state index is -4.44. The molecule has 108 valence electrons. The van der Waals surface area contributed by atoms with Crippen molar-refractivity contribution in [3.63, 3.8) is 0 Å². The Morgan fingerprint density at radius 2 is 1.59 bits per heavy atom. The normalized spacial score (nSPS) is 20.0. The molecule has 1 aliphatic heterocycles. The molecule has 0 radical (unpaired) electrons. The fourth-order valence-corrected chi connectivity index (χ4v) is 4.78. The van der Waals surface area contributed by atoms with Crippen molar-refractivity contribution in [3.8, 4) is 0 Å². The van der Waals surface area contributed by atoms with E-state index in [2.05, 4.69) is 0 Å². The molecule has 1 N–H and O–H groups in total. The average molecular weight is 345 g/mol. The van der Waals surface area contributed by atoms with Crippen LogP contribution in [0.3, 0.4) is 0 Å². The van der Waals surface area contributed by atoms with Crippen LogP contribution in [0.15, 0.2) is 54.6 Å². The number of rotatable bonds is 3. The van der Waals surface area contributed by atoms with Gasteiger partial charge < -0.3 is 4.74 Å². The number of benzene rings is 2. The van der Waals surface area contributed by atoms with Crippen LogP contribution in [0.5, 0.6) is 0 Å². The smallest absolute Gasteiger partial charge is 0.434 e. The third-order valence-electron chi connectivity index (χ3n) is 3.11. The van der Waals surface area contributed by atoms with E-state index in [9.17, 15) is 17.8 Å². The fraction of sp³-hybridized carbons (Fsp3) is 0.0714. The molecule has 22 heavy (non-hydrogen) atoms. The van der Waals surface area contributed by atoms with E-state index >= 15 is 0 Å². The van der Waals surface area contributed by atoms with E-state index in [-0.39, 0.29) is 45.9 Å². The van der Waals surface area contributed by atoms with Gasteiger partial charge in [0.1, 0.15) is 0 Å². The summed E-state index contributed by atoms with van der Waals surface area (Å²) in [6, 6.07) is 15.0. The molecule has 3 rings (SSSR count). The number of esters is 1. The largest absolute Gasteiger partial charge is 1.00 e. The second kappa shape index (κ2) is 6.35. The van der Waals surface area contributed by atoms with Crippen LogP contribution in [0.4, 0.5) is 0 Å². The summed E-state index contributed by atoms with van der Waals surface area (Å²) in [4.78, 5) is 10.4. The van der Waals surface area contributed by atoms with E-state index in [1.54, 1.807) is 54.6 Å². The Balaban J connectivity index is 0.00000176. The summed E-state index contributed by atoms with van der Waals surface area (Å²) >= 11 is 0. The Hall–Kier alpha value is -0.830. The fourth-order valence-electron chi connectivity index (χ4n) is 2.32. The summed E-state index contributed by atoms with van der Waals surface area (Å²) in [6.07, 6.45) is 0. The quantitative estimate of drug-likeness (QED) is 0.353. The van der Waals surface area contributed by atoms with Gasteiger partial charge in [-0.1, -0.05) is 48.5 Å². The molecule has 0 bridgehead atoms. The predicted molar refractivity (Wildman–Crippen MR) is 78.2 cm³/mol. The van der Waals surface area contributed by atoms with Crippen molar-refractivity contribution < 1.29 is 52.1 Å². The van der Waals surface area contributed by atoms with Gasteiger partial charge in [-0.2, -0.15) is 8.42 Å². The summed E-state index contributed by atoms with van der Waals surface area (Å²) < 4.78 is 37.4. The minimum Gasteiger partial charge on any atom is -0.434 e. The van der Waals surface area contributed by atoms with Crippen LogP contribution in [0.1, 0.15) is 21.5 Å². The van der Waals surface area contributed by atoms with Crippen molar-refractivity contribution in [2.45, 2.75) is 4.93 Å². The molecule has 0 saturated heterocycles. The van der Waals surface area contributed by atoms with Gasteiger partial charge in [0.15, 0.2) is 0 Å². The van der Waals surface area contributed by atoms with Crippen LogP contribution in [0.25, 0.3) is 0 Å². The number of carbonyl (C=O) groups is 1. The molecular formula is C14H10NaO5S2+. The second-order valence-corrected chi connectivity index (χ2v) is 7.79. The first-order chi connectivity index (χ1) is 9.92. The van der Waals surface area contributed by atoms with Gasteiger partial charge in [0, 0.05) is 11.1 Å². The van der Waals surface area contributed by atoms with Crippen molar-refractivity contribution in [2.24, 2.45) is 0 Å². The van der Waals surface area contributed by atoms with Gasteiger partial charge in [-0.3, -0.25) is 4.55 Å². The van der Waals surface area contributed by atoms with E-state index in [0.29, 0.717) is 11.1 Å². The topological polar surface area (TPSA) is 80.7 Å². The van der Waals surface area contributed by atoms with Gasteiger partial charge in [0.2, 0.25) is 4.93 Å². The standard InChI is InChI=1S/C14H10O5S2.Na/c15-13-11-8-4-5-9-12(11)14(19-13,20-21(16,17)18)10-6-2-1-3-7-10;/h1-9H,(H,16,17,18);/q;+1. The molecule has 5 nitrogen and oxygen atoms in total.